The Kier molecular flexibility index (Phi) is 3.29. The number of aryl methyl sites for hydroxylation is 1. The lowest BCUT2D eigenvalue weighted by Crippen LogP contribution is -2.40. The summed E-state index contributed by atoms with van der Waals surface area (Å²) in [7, 11) is 0. The zero-order valence-corrected chi connectivity index (χ0v) is 11.1. The van der Waals surface area contributed by atoms with Gasteiger partial charge in [0.1, 0.15) is 6.61 Å². The van der Waals surface area contributed by atoms with Crippen LogP contribution in [0.1, 0.15) is 5.56 Å². The number of benzene rings is 2. The lowest BCUT2D eigenvalue weighted by Gasteiger charge is -2.25. The van der Waals surface area contributed by atoms with Crippen molar-refractivity contribution in [2.45, 2.75) is 13.0 Å². The molecule has 0 aromatic heterocycles. The molecule has 20 heavy (non-hydrogen) atoms. The van der Waals surface area contributed by atoms with E-state index in [4.69, 9.17) is 9.47 Å². The van der Waals surface area contributed by atoms with E-state index in [0.717, 1.165) is 11.3 Å². The van der Waals surface area contributed by atoms with E-state index in [1.807, 2.05) is 49.4 Å². The van der Waals surface area contributed by atoms with Crippen LogP contribution in [0.15, 0.2) is 48.5 Å². The van der Waals surface area contributed by atoms with Crippen molar-refractivity contribution in [1.29, 1.82) is 0 Å². The van der Waals surface area contributed by atoms with Crippen molar-refractivity contribution in [1.82, 2.24) is 0 Å². The third-order valence-corrected chi connectivity index (χ3v) is 3.09. The first-order valence-corrected chi connectivity index (χ1v) is 6.48. The van der Waals surface area contributed by atoms with E-state index in [9.17, 15) is 4.79 Å². The molecule has 0 saturated heterocycles. The number of anilines is 1. The van der Waals surface area contributed by atoms with Crippen LogP contribution >= 0.6 is 0 Å². The molecule has 0 aliphatic carbocycles. The highest BCUT2D eigenvalue weighted by atomic mass is 16.6. The van der Waals surface area contributed by atoms with Gasteiger partial charge < -0.3 is 14.8 Å². The molecule has 1 N–H and O–H groups in total. The molecular formula is C16H15NO3. The maximum Gasteiger partial charge on any atom is 0.269 e. The first-order chi connectivity index (χ1) is 9.72. The summed E-state index contributed by atoms with van der Waals surface area (Å²) in [6.07, 6.45) is -0.634. The van der Waals surface area contributed by atoms with Crippen LogP contribution < -0.4 is 14.8 Å². The van der Waals surface area contributed by atoms with E-state index in [1.165, 1.54) is 0 Å². The lowest BCUT2D eigenvalue weighted by molar-refractivity contribution is -0.125. The molecule has 3 rings (SSSR count). The van der Waals surface area contributed by atoms with Gasteiger partial charge in [-0.2, -0.15) is 0 Å². The Morgan fingerprint density at radius 3 is 2.75 bits per heavy atom. The largest absolute Gasteiger partial charge is 0.485 e. The molecule has 0 saturated carbocycles. The maximum atomic E-state index is 12.2. The van der Waals surface area contributed by atoms with Crippen LogP contribution in [0.3, 0.4) is 0 Å². The molecule has 0 bridgehead atoms. The van der Waals surface area contributed by atoms with E-state index >= 15 is 0 Å². The maximum absolute atomic E-state index is 12.2. The molecule has 1 aliphatic rings. The molecule has 0 unspecified atom stereocenters. The summed E-state index contributed by atoms with van der Waals surface area (Å²) in [6, 6.07) is 15.0. The quantitative estimate of drug-likeness (QED) is 0.912. The van der Waals surface area contributed by atoms with Gasteiger partial charge in [0.2, 0.25) is 6.10 Å². The van der Waals surface area contributed by atoms with Crippen molar-refractivity contribution < 1.29 is 14.3 Å². The van der Waals surface area contributed by atoms with E-state index in [0.29, 0.717) is 11.5 Å². The Morgan fingerprint density at radius 1 is 1.15 bits per heavy atom. The summed E-state index contributed by atoms with van der Waals surface area (Å²) >= 11 is 0. The lowest BCUT2D eigenvalue weighted by atomic mass is 10.2. The normalized spacial score (nSPS) is 16.6. The summed E-state index contributed by atoms with van der Waals surface area (Å²) in [5, 5.41) is 2.84. The first kappa shape index (κ1) is 12.5. The van der Waals surface area contributed by atoms with Gasteiger partial charge in [0.25, 0.3) is 5.91 Å². The Balaban J connectivity index is 1.70. The highest BCUT2D eigenvalue weighted by Crippen LogP contribution is 2.31. The summed E-state index contributed by atoms with van der Waals surface area (Å²) < 4.78 is 11.2. The average Bonchev–Trinajstić information content (AvgIpc) is 2.47. The Morgan fingerprint density at radius 2 is 1.95 bits per heavy atom. The third-order valence-electron chi connectivity index (χ3n) is 3.09. The van der Waals surface area contributed by atoms with Crippen molar-refractivity contribution in [3.63, 3.8) is 0 Å². The Bertz CT molecular complexity index is 639. The number of fused-ring (bicyclic) bond motifs is 1. The molecule has 4 heteroatoms. The second-order valence-corrected chi connectivity index (χ2v) is 4.72. The van der Waals surface area contributed by atoms with Crippen LogP contribution in [0.4, 0.5) is 5.69 Å². The number of hydrogen-bond donors (Lipinski definition) is 1. The number of rotatable bonds is 2. The van der Waals surface area contributed by atoms with Crippen molar-refractivity contribution in [2.24, 2.45) is 0 Å². The third kappa shape index (κ3) is 2.59. The van der Waals surface area contributed by atoms with Crippen LogP contribution in [0.25, 0.3) is 0 Å². The highest BCUT2D eigenvalue weighted by molar-refractivity contribution is 5.94. The van der Waals surface area contributed by atoms with E-state index in [-0.39, 0.29) is 12.5 Å². The number of carbonyl (C=O) groups excluding carboxylic acids is 1. The molecule has 1 aliphatic heterocycles. The number of para-hydroxylation sites is 2. The molecule has 1 heterocycles. The molecule has 1 amide bonds. The van der Waals surface area contributed by atoms with Gasteiger partial charge in [-0.3, -0.25) is 4.79 Å². The number of carbonyl (C=O) groups is 1. The number of amides is 1. The zero-order valence-electron chi connectivity index (χ0n) is 11.1. The summed E-state index contributed by atoms with van der Waals surface area (Å²) in [4.78, 5) is 12.2. The predicted octanol–water partition coefficient (Wildman–Crippen LogP) is 2.77. The summed E-state index contributed by atoms with van der Waals surface area (Å²) in [6.45, 7) is 2.20. The Labute approximate surface area is 117 Å². The van der Waals surface area contributed by atoms with Crippen LogP contribution in [-0.4, -0.2) is 18.6 Å². The molecule has 4 nitrogen and oxygen atoms in total. The Hall–Kier alpha value is -2.49. The van der Waals surface area contributed by atoms with Gasteiger partial charge >= 0.3 is 0 Å². The fourth-order valence-electron chi connectivity index (χ4n) is 2.09. The van der Waals surface area contributed by atoms with Gasteiger partial charge in [0.05, 0.1) is 0 Å². The molecule has 1 atom stereocenters. The van der Waals surface area contributed by atoms with Gasteiger partial charge in [0.15, 0.2) is 11.5 Å². The number of nitrogens with one attached hydrogen (secondary N) is 1. The van der Waals surface area contributed by atoms with Gasteiger partial charge in [-0.1, -0.05) is 24.3 Å². The molecule has 0 fully saturated rings. The first-order valence-electron chi connectivity index (χ1n) is 6.48. The van der Waals surface area contributed by atoms with Crippen molar-refractivity contribution >= 4 is 11.6 Å². The van der Waals surface area contributed by atoms with Crippen molar-refractivity contribution in [3.05, 3.63) is 54.1 Å². The minimum absolute atomic E-state index is 0.204. The number of ether oxygens (including phenoxy) is 2. The predicted molar refractivity (Wildman–Crippen MR) is 76.2 cm³/mol. The molecule has 102 valence electrons. The number of hydrogen-bond acceptors (Lipinski definition) is 3. The topological polar surface area (TPSA) is 47.6 Å². The van der Waals surface area contributed by atoms with E-state index < -0.39 is 6.10 Å². The fraction of sp³-hybridized carbons (Fsp3) is 0.188. The van der Waals surface area contributed by atoms with Gasteiger partial charge in [-0.25, -0.2) is 0 Å². The van der Waals surface area contributed by atoms with Crippen molar-refractivity contribution in [2.75, 3.05) is 11.9 Å². The molecule has 2 aromatic carbocycles. The monoisotopic (exact) mass is 269 g/mol. The van der Waals surface area contributed by atoms with Crippen LogP contribution in [0, 0.1) is 6.92 Å². The molecule has 0 spiro atoms. The summed E-state index contributed by atoms with van der Waals surface area (Å²) in [5.41, 5.74) is 1.85. The highest BCUT2D eigenvalue weighted by Gasteiger charge is 2.27. The van der Waals surface area contributed by atoms with Gasteiger partial charge in [-0.15, -0.1) is 0 Å². The minimum Gasteiger partial charge on any atom is -0.485 e. The molecule has 2 aromatic rings. The summed E-state index contributed by atoms with van der Waals surface area (Å²) in [5.74, 6) is 1.07. The van der Waals surface area contributed by atoms with E-state index in [2.05, 4.69) is 5.32 Å². The average molecular weight is 269 g/mol. The van der Waals surface area contributed by atoms with Crippen molar-refractivity contribution in [3.8, 4) is 11.5 Å². The van der Waals surface area contributed by atoms with Gasteiger partial charge in [-0.05, 0) is 36.8 Å². The smallest absolute Gasteiger partial charge is 0.269 e. The second kappa shape index (κ2) is 5.25. The second-order valence-electron chi connectivity index (χ2n) is 4.72. The molecule has 0 radical (unpaired) electrons. The molecular weight excluding hydrogens is 254 g/mol. The van der Waals surface area contributed by atoms with Crippen LogP contribution in [0.2, 0.25) is 0 Å². The fourth-order valence-corrected chi connectivity index (χ4v) is 2.09. The van der Waals surface area contributed by atoms with Crippen LogP contribution in [-0.2, 0) is 4.79 Å². The van der Waals surface area contributed by atoms with Gasteiger partial charge in [0, 0.05) is 5.69 Å². The standard InChI is InChI=1S/C16H15NO3/c1-11-5-4-6-12(9-11)17-16(18)15-10-19-13-7-2-3-8-14(13)20-15/h2-9,15H,10H2,1H3,(H,17,18)/t15-/m1/s1. The zero-order chi connectivity index (χ0) is 13.9. The van der Waals surface area contributed by atoms with Crippen LogP contribution in [0.5, 0.6) is 11.5 Å². The van der Waals surface area contributed by atoms with E-state index in [1.54, 1.807) is 6.07 Å². The SMILES string of the molecule is Cc1cccc(NC(=O)[C@H]2COc3ccccc3O2)c1. The minimum atomic E-state index is -0.634.